The zero-order valence-corrected chi connectivity index (χ0v) is 11.0. The molecule has 1 aliphatic rings. The molecule has 0 saturated carbocycles. The molecule has 1 aromatic heterocycles. The number of piperazine rings is 1. The van der Waals surface area contributed by atoms with Gasteiger partial charge >= 0.3 is 0 Å². The molecule has 1 aromatic carbocycles. The molecule has 0 aliphatic carbocycles. The normalized spacial score (nSPS) is 21.6. The molecule has 1 saturated heterocycles. The van der Waals surface area contributed by atoms with Crippen LogP contribution < -0.4 is 5.32 Å². The summed E-state index contributed by atoms with van der Waals surface area (Å²) in [5, 5.41) is 3.46. The summed E-state index contributed by atoms with van der Waals surface area (Å²) < 4.78 is 0. The highest BCUT2D eigenvalue weighted by Crippen LogP contribution is 2.14. The molecular formula is C14H20N4. The van der Waals surface area contributed by atoms with Crippen molar-refractivity contribution in [2.45, 2.75) is 26.4 Å². The van der Waals surface area contributed by atoms with Crippen molar-refractivity contribution in [3.05, 3.63) is 29.6 Å². The second-order valence-electron chi connectivity index (χ2n) is 5.29. The Balaban J connectivity index is 1.78. The average Bonchev–Trinajstić information content (AvgIpc) is 2.70. The number of aromatic amines is 1. The fraction of sp³-hybridized carbons (Fsp3) is 0.500. The van der Waals surface area contributed by atoms with Gasteiger partial charge in [-0.05, 0) is 31.5 Å². The van der Waals surface area contributed by atoms with Gasteiger partial charge in [-0.25, -0.2) is 4.98 Å². The standard InChI is InChI=1S/C14H20N4/c1-10-3-4-12-13(7-10)17-14(16-12)9-18-6-5-15-11(2)8-18/h3-4,7,11,15H,5-6,8-9H2,1-2H3,(H,16,17). The van der Waals surface area contributed by atoms with Crippen molar-refractivity contribution in [1.82, 2.24) is 20.2 Å². The molecule has 2 N–H and O–H groups in total. The van der Waals surface area contributed by atoms with Gasteiger partial charge in [0.05, 0.1) is 17.6 Å². The van der Waals surface area contributed by atoms with Gasteiger partial charge in [0, 0.05) is 25.7 Å². The van der Waals surface area contributed by atoms with E-state index in [4.69, 9.17) is 0 Å². The van der Waals surface area contributed by atoms with Crippen LogP contribution >= 0.6 is 0 Å². The van der Waals surface area contributed by atoms with Gasteiger partial charge in [-0.15, -0.1) is 0 Å². The molecule has 18 heavy (non-hydrogen) atoms. The fourth-order valence-corrected chi connectivity index (χ4v) is 2.62. The van der Waals surface area contributed by atoms with Crippen molar-refractivity contribution in [1.29, 1.82) is 0 Å². The van der Waals surface area contributed by atoms with E-state index < -0.39 is 0 Å². The second-order valence-corrected chi connectivity index (χ2v) is 5.29. The van der Waals surface area contributed by atoms with Crippen molar-refractivity contribution in [2.24, 2.45) is 0 Å². The summed E-state index contributed by atoms with van der Waals surface area (Å²) in [5.41, 5.74) is 3.49. The van der Waals surface area contributed by atoms with Crippen molar-refractivity contribution in [3.63, 3.8) is 0 Å². The topological polar surface area (TPSA) is 44.0 Å². The van der Waals surface area contributed by atoms with Crippen LogP contribution in [0.15, 0.2) is 18.2 Å². The predicted molar refractivity (Wildman–Crippen MR) is 73.6 cm³/mol. The van der Waals surface area contributed by atoms with E-state index in [2.05, 4.69) is 52.2 Å². The van der Waals surface area contributed by atoms with Gasteiger partial charge < -0.3 is 10.3 Å². The predicted octanol–water partition coefficient (Wildman–Crippen LogP) is 1.67. The van der Waals surface area contributed by atoms with Gasteiger partial charge in [-0.2, -0.15) is 0 Å². The summed E-state index contributed by atoms with van der Waals surface area (Å²) in [6.07, 6.45) is 0. The van der Waals surface area contributed by atoms with Gasteiger partial charge in [-0.3, -0.25) is 4.90 Å². The number of benzene rings is 1. The van der Waals surface area contributed by atoms with Gasteiger partial charge in [0.25, 0.3) is 0 Å². The number of H-pyrrole nitrogens is 1. The van der Waals surface area contributed by atoms with Crippen molar-refractivity contribution in [2.75, 3.05) is 19.6 Å². The summed E-state index contributed by atoms with van der Waals surface area (Å²) >= 11 is 0. The minimum atomic E-state index is 0.574. The number of hydrogen-bond donors (Lipinski definition) is 2. The molecule has 1 atom stereocenters. The molecule has 0 bridgehead atoms. The Bertz CT molecular complexity index is 546. The molecule has 0 amide bonds. The van der Waals surface area contributed by atoms with E-state index >= 15 is 0 Å². The van der Waals surface area contributed by atoms with Crippen molar-refractivity contribution >= 4 is 11.0 Å². The van der Waals surface area contributed by atoms with Crippen LogP contribution in [0.5, 0.6) is 0 Å². The van der Waals surface area contributed by atoms with E-state index in [0.717, 1.165) is 43.0 Å². The first-order valence-corrected chi connectivity index (χ1v) is 6.62. The highest BCUT2D eigenvalue weighted by atomic mass is 15.2. The van der Waals surface area contributed by atoms with Crippen molar-refractivity contribution < 1.29 is 0 Å². The van der Waals surface area contributed by atoms with Gasteiger partial charge in [-0.1, -0.05) is 6.07 Å². The number of nitrogens with zero attached hydrogens (tertiary/aromatic N) is 2. The Hall–Kier alpha value is -1.39. The first kappa shape index (κ1) is 11.7. The van der Waals surface area contributed by atoms with Crippen LogP contribution in [0.1, 0.15) is 18.3 Å². The highest BCUT2D eigenvalue weighted by Gasteiger charge is 2.16. The minimum absolute atomic E-state index is 0.574. The van der Waals surface area contributed by atoms with Crippen molar-refractivity contribution in [3.8, 4) is 0 Å². The first-order valence-electron chi connectivity index (χ1n) is 6.62. The Labute approximate surface area is 107 Å². The van der Waals surface area contributed by atoms with Crippen LogP contribution in [0, 0.1) is 6.92 Å². The monoisotopic (exact) mass is 244 g/mol. The van der Waals surface area contributed by atoms with Gasteiger partial charge in [0.1, 0.15) is 5.82 Å². The highest BCUT2D eigenvalue weighted by molar-refractivity contribution is 5.75. The summed E-state index contributed by atoms with van der Waals surface area (Å²) in [6.45, 7) is 8.52. The quantitative estimate of drug-likeness (QED) is 0.844. The lowest BCUT2D eigenvalue weighted by atomic mass is 10.2. The third-order valence-corrected chi connectivity index (χ3v) is 3.51. The number of nitrogens with one attached hydrogen (secondary N) is 2. The molecule has 0 spiro atoms. The summed E-state index contributed by atoms with van der Waals surface area (Å²) in [5.74, 6) is 1.07. The lowest BCUT2D eigenvalue weighted by Gasteiger charge is -2.31. The van der Waals surface area contributed by atoms with E-state index in [9.17, 15) is 0 Å². The molecular weight excluding hydrogens is 224 g/mol. The maximum atomic E-state index is 4.66. The molecule has 96 valence electrons. The van der Waals surface area contributed by atoms with Crippen LogP contribution in [0.3, 0.4) is 0 Å². The van der Waals surface area contributed by atoms with Crippen LogP contribution in [-0.4, -0.2) is 40.5 Å². The second kappa shape index (κ2) is 4.71. The number of rotatable bonds is 2. The molecule has 2 aromatic rings. The Kier molecular flexibility index (Phi) is 3.06. The summed E-state index contributed by atoms with van der Waals surface area (Å²) in [7, 11) is 0. The van der Waals surface area contributed by atoms with E-state index in [1.165, 1.54) is 5.56 Å². The van der Waals surface area contributed by atoms with Crippen LogP contribution in [0.4, 0.5) is 0 Å². The lowest BCUT2D eigenvalue weighted by molar-refractivity contribution is 0.196. The first-order chi connectivity index (χ1) is 8.70. The number of imidazole rings is 1. The molecule has 2 heterocycles. The lowest BCUT2D eigenvalue weighted by Crippen LogP contribution is -2.48. The third-order valence-electron chi connectivity index (χ3n) is 3.51. The van der Waals surface area contributed by atoms with E-state index in [1.807, 2.05) is 0 Å². The molecule has 4 nitrogen and oxygen atoms in total. The van der Waals surface area contributed by atoms with Crippen LogP contribution in [0.25, 0.3) is 11.0 Å². The van der Waals surface area contributed by atoms with Gasteiger partial charge in [0.2, 0.25) is 0 Å². The summed E-state index contributed by atoms with van der Waals surface area (Å²) in [4.78, 5) is 10.5. The number of aryl methyl sites for hydroxylation is 1. The molecule has 1 aliphatic heterocycles. The SMILES string of the molecule is Cc1ccc2nc(CN3CCNC(C)C3)[nH]c2c1. The zero-order chi connectivity index (χ0) is 12.5. The van der Waals surface area contributed by atoms with Gasteiger partial charge in [0.15, 0.2) is 0 Å². The fourth-order valence-electron chi connectivity index (χ4n) is 2.62. The molecule has 4 heteroatoms. The number of hydrogen-bond acceptors (Lipinski definition) is 3. The van der Waals surface area contributed by atoms with E-state index in [-0.39, 0.29) is 0 Å². The average molecular weight is 244 g/mol. The largest absolute Gasteiger partial charge is 0.341 e. The third kappa shape index (κ3) is 2.40. The summed E-state index contributed by atoms with van der Waals surface area (Å²) in [6, 6.07) is 6.93. The zero-order valence-electron chi connectivity index (χ0n) is 11.0. The van der Waals surface area contributed by atoms with Crippen LogP contribution in [-0.2, 0) is 6.54 Å². The molecule has 1 unspecified atom stereocenters. The van der Waals surface area contributed by atoms with Crippen LogP contribution in [0.2, 0.25) is 0 Å². The maximum Gasteiger partial charge on any atom is 0.121 e. The maximum absolute atomic E-state index is 4.66. The Morgan fingerprint density at radius 3 is 3.17 bits per heavy atom. The Morgan fingerprint density at radius 1 is 1.44 bits per heavy atom. The molecule has 3 rings (SSSR count). The van der Waals surface area contributed by atoms with E-state index in [1.54, 1.807) is 0 Å². The number of fused-ring (bicyclic) bond motifs is 1. The van der Waals surface area contributed by atoms with E-state index in [0.29, 0.717) is 6.04 Å². The molecule has 0 radical (unpaired) electrons. The smallest absolute Gasteiger partial charge is 0.121 e. The number of aromatic nitrogens is 2. The minimum Gasteiger partial charge on any atom is -0.341 e. The Morgan fingerprint density at radius 2 is 2.33 bits per heavy atom. The molecule has 1 fully saturated rings.